The van der Waals surface area contributed by atoms with Crippen LogP contribution in [0.25, 0.3) is 0 Å². The monoisotopic (exact) mass is 588 g/mol. The van der Waals surface area contributed by atoms with Gasteiger partial charge in [-0.1, -0.05) is 12.1 Å². The Kier molecular flexibility index (Phi) is 8.63. The molecular formula is C32H36N4O7+2. The van der Waals surface area contributed by atoms with Crippen LogP contribution in [0.4, 0.5) is 10.5 Å². The zero-order valence-corrected chi connectivity index (χ0v) is 24.2. The molecule has 0 aromatic heterocycles. The van der Waals surface area contributed by atoms with E-state index in [2.05, 4.69) is 12.4 Å². The molecule has 2 aliphatic rings. The highest BCUT2D eigenvalue weighted by Gasteiger charge is 2.41. The van der Waals surface area contributed by atoms with Crippen molar-refractivity contribution in [3.05, 3.63) is 83.4 Å². The molecule has 0 aliphatic carbocycles. The molecule has 3 amide bonds. The molecule has 3 aromatic rings. The van der Waals surface area contributed by atoms with E-state index in [1.54, 1.807) is 43.3 Å². The summed E-state index contributed by atoms with van der Waals surface area (Å²) in [6.07, 6.45) is 0.746. The highest BCUT2D eigenvalue weighted by Crippen LogP contribution is 2.34. The minimum atomic E-state index is -0.976. The summed E-state index contributed by atoms with van der Waals surface area (Å²) in [5.41, 5.74) is 9.35. The van der Waals surface area contributed by atoms with Crippen LogP contribution >= 0.6 is 0 Å². The van der Waals surface area contributed by atoms with Crippen molar-refractivity contribution in [1.82, 2.24) is 0 Å². The van der Waals surface area contributed by atoms with E-state index in [-0.39, 0.29) is 25.6 Å². The van der Waals surface area contributed by atoms with Gasteiger partial charge in [-0.25, -0.2) is 10.1 Å². The number of nitrogens with one attached hydrogen (secondary N) is 1. The zero-order valence-electron chi connectivity index (χ0n) is 24.2. The smallest absolute Gasteiger partial charge is 0.496 e. The van der Waals surface area contributed by atoms with Gasteiger partial charge in [0.2, 0.25) is 6.79 Å². The Hall–Kier alpha value is -4.90. The molecule has 0 spiro atoms. The van der Waals surface area contributed by atoms with E-state index in [0.717, 1.165) is 29.1 Å². The van der Waals surface area contributed by atoms with Crippen molar-refractivity contribution in [3.63, 3.8) is 0 Å². The lowest BCUT2D eigenvalue weighted by atomic mass is 10.0. The Labute approximate surface area is 249 Å². The predicted octanol–water partition coefficient (Wildman–Crippen LogP) is 3.43. The maximum atomic E-state index is 13.9. The Balaban J connectivity index is 1.44. The summed E-state index contributed by atoms with van der Waals surface area (Å²) in [5.74, 6) is 0.430. The summed E-state index contributed by atoms with van der Waals surface area (Å²) >= 11 is 0. The van der Waals surface area contributed by atoms with Gasteiger partial charge >= 0.3 is 12.0 Å². The highest BCUT2D eigenvalue weighted by atomic mass is 16.7. The Morgan fingerprint density at radius 3 is 2.42 bits per heavy atom. The number of phenols is 1. The van der Waals surface area contributed by atoms with Crippen LogP contribution < -0.4 is 20.5 Å². The molecule has 4 N–H and O–H groups in total. The van der Waals surface area contributed by atoms with Crippen molar-refractivity contribution in [2.24, 2.45) is 5.73 Å². The van der Waals surface area contributed by atoms with E-state index in [4.69, 9.17) is 19.9 Å². The normalized spacial score (nSPS) is 19.0. The molecule has 1 fully saturated rings. The van der Waals surface area contributed by atoms with Gasteiger partial charge in [-0.2, -0.15) is 9.37 Å². The number of urea groups is 1. The molecule has 2 atom stereocenters. The van der Waals surface area contributed by atoms with Crippen molar-refractivity contribution in [2.45, 2.75) is 32.4 Å². The van der Waals surface area contributed by atoms with Crippen LogP contribution in [0.1, 0.15) is 34.8 Å². The summed E-state index contributed by atoms with van der Waals surface area (Å²) in [7, 11) is 2.11. The fraction of sp³-hybridized carbons (Fsp3) is 0.312. The highest BCUT2D eigenvalue weighted by molar-refractivity contribution is 5.95. The summed E-state index contributed by atoms with van der Waals surface area (Å²) in [4.78, 5) is 38.9. The topological polar surface area (TPSA) is 140 Å². The van der Waals surface area contributed by atoms with Gasteiger partial charge in [0.1, 0.15) is 30.2 Å². The number of carbonyl (C=O) groups is 3. The van der Waals surface area contributed by atoms with Crippen LogP contribution in [0, 0.1) is 0 Å². The average Bonchev–Trinajstić information content (AvgIpc) is 3.60. The molecule has 2 heterocycles. The van der Waals surface area contributed by atoms with Crippen LogP contribution in [0.5, 0.6) is 17.2 Å². The number of quaternary nitrogens is 1. The number of anilines is 1. The molecule has 224 valence electrons. The van der Waals surface area contributed by atoms with Crippen LogP contribution in [-0.2, 0) is 22.5 Å². The molecule has 5 rings (SSSR count). The fourth-order valence-electron chi connectivity index (χ4n) is 5.58. The number of hydrogen-bond acceptors (Lipinski definition) is 7. The van der Waals surface area contributed by atoms with Gasteiger partial charge in [0, 0.05) is 12.0 Å². The number of fused-ring (bicyclic) bond motifs is 1. The van der Waals surface area contributed by atoms with E-state index < -0.39 is 23.9 Å². The van der Waals surface area contributed by atoms with Gasteiger partial charge < -0.3 is 29.5 Å². The number of esters is 1. The second kappa shape index (κ2) is 12.5. The van der Waals surface area contributed by atoms with Gasteiger partial charge in [-0.05, 0) is 67.1 Å². The summed E-state index contributed by atoms with van der Waals surface area (Å²) in [5, 5.41) is 12.6. The molecule has 11 nitrogen and oxygen atoms in total. The molecule has 0 radical (unpaired) electrons. The summed E-state index contributed by atoms with van der Waals surface area (Å²) < 4.78 is 18.1. The van der Waals surface area contributed by atoms with Gasteiger partial charge in [-0.15, -0.1) is 0 Å². The first-order valence-corrected chi connectivity index (χ1v) is 14.2. The second-order valence-corrected chi connectivity index (χ2v) is 11.0. The lowest BCUT2D eigenvalue weighted by Crippen LogP contribution is -2.49. The van der Waals surface area contributed by atoms with E-state index in [0.29, 0.717) is 41.0 Å². The van der Waals surface area contributed by atoms with Gasteiger partial charge in [-0.3, -0.25) is 4.79 Å². The molecule has 1 saturated heterocycles. The number of hydrogen-bond donors (Lipinski definition) is 3. The molecule has 43 heavy (non-hydrogen) atoms. The van der Waals surface area contributed by atoms with Gasteiger partial charge in [0.05, 0.1) is 32.2 Å². The minimum absolute atomic E-state index is 0.0991. The third kappa shape index (κ3) is 6.95. The molecule has 2 aliphatic heterocycles. The van der Waals surface area contributed by atoms with Crippen molar-refractivity contribution in [1.29, 1.82) is 0 Å². The van der Waals surface area contributed by atoms with Crippen LogP contribution in [0.2, 0.25) is 0 Å². The van der Waals surface area contributed by atoms with E-state index in [1.165, 1.54) is 16.7 Å². The molecular weight excluding hydrogens is 552 g/mol. The molecule has 0 saturated carbocycles. The summed E-state index contributed by atoms with van der Waals surface area (Å²) in [6, 6.07) is 17.2. The van der Waals surface area contributed by atoms with Crippen molar-refractivity contribution in [3.8, 4) is 17.2 Å². The molecule has 11 heteroatoms. The third-order valence-corrected chi connectivity index (χ3v) is 7.72. The SMILES string of the molecule is CCOC(=O)c1ccc(NC(=O)/[N+](=C2\CC[N+](C)(Cc3ccc4c(c3)OCO4)C2)[C@@H](Cc2ccc(O)cc2)C(N)=O)cc1. The molecule has 0 bridgehead atoms. The van der Waals surface area contributed by atoms with Crippen molar-refractivity contribution < 1.29 is 42.8 Å². The minimum Gasteiger partial charge on any atom is -0.508 e. The number of nitrogens with zero attached hydrogens (tertiary/aromatic N) is 2. The number of carbonyl (C=O) groups excluding carboxylic acids is 3. The van der Waals surface area contributed by atoms with Crippen LogP contribution in [0.3, 0.4) is 0 Å². The first-order chi connectivity index (χ1) is 20.6. The average molecular weight is 589 g/mol. The first kappa shape index (κ1) is 29.6. The number of ether oxygens (including phenoxy) is 3. The van der Waals surface area contributed by atoms with Crippen molar-refractivity contribution >= 4 is 29.3 Å². The van der Waals surface area contributed by atoms with Crippen molar-refractivity contribution in [2.75, 3.05) is 38.9 Å². The Morgan fingerprint density at radius 2 is 1.72 bits per heavy atom. The number of rotatable bonds is 9. The Bertz CT molecular complexity index is 1550. The number of phenolic OH excluding ortho intramolecular Hbond substituents is 1. The van der Waals surface area contributed by atoms with Gasteiger partial charge in [0.15, 0.2) is 17.5 Å². The number of likely N-dealkylation sites (tertiary alicyclic amines) is 1. The zero-order chi connectivity index (χ0) is 30.6. The summed E-state index contributed by atoms with van der Waals surface area (Å²) in [6.45, 7) is 4.13. The van der Waals surface area contributed by atoms with Crippen LogP contribution in [0.15, 0.2) is 66.7 Å². The molecule has 3 aromatic carbocycles. The van der Waals surface area contributed by atoms with Crippen LogP contribution in [-0.4, -0.2) is 77.4 Å². The fourth-order valence-corrected chi connectivity index (χ4v) is 5.58. The lowest BCUT2D eigenvalue weighted by Gasteiger charge is -2.28. The van der Waals surface area contributed by atoms with E-state index in [1.807, 2.05) is 18.2 Å². The largest absolute Gasteiger partial charge is 0.508 e. The van der Waals surface area contributed by atoms with Gasteiger partial charge in [0.25, 0.3) is 5.91 Å². The number of aromatic hydroxyl groups is 1. The Morgan fingerprint density at radius 1 is 1.02 bits per heavy atom. The standard InChI is InChI=1S/C32H34N4O7/c1-3-41-31(39)23-7-9-24(10-8-23)34-32(40)35(27(30(33)38)16-21-4-11-26(37)12-5-21)25-14-15-36(2,19-25)18-22-6-13-28-29(17-22)43-20-42-28/h4-13,17,27H,3,14-16,18-20H2,1-2H3,(H2-2,33,34,37,38,39,40)/p+2/b35-25+/t27-,36?/m0/s1. The first-order valence-electron chi connectivity index (χ1n) is 14.2. The van der Waals surface area contributed by atoms with E-state index >= 15 is 0 Å². The number of benzene rings is 3. The maximum absolute atomic E-state index is 13.9. The number of nitrogens with two attached hydrogens (primary N) is 1. The lowest BCUT2D eigenvalue weighted by molar-refractivity contribution is -0.907. The van der Waals surface area contributed by atoms with E-state index in [9.17, 15) is 19.5 Å². The number of amides is 3. The molecule has 1 unspecified atom stereocenters. The quantitative estimate of drug-likeness (QED) is 0.198. The number of primary amides is 1. The second-order valence-electron chi connectivity index (χ2n) is 11.0. The predicted molar refractivity (Wildman–Crippen MR) is 158 cm³/mol. The third-order valence-electron chi connectivity index (χ3n) is 7.72. The maximum Gasteiger partial charge on any atom is 0.496 e.